The van der Waals surface area contributed by atoms with Crippen LogP contribution in [0.5, 0.6) is 0 Å². The van der Waals surface area contributed by atoms with E-state index in [1.165, 1.54) is 33.5 Å². The van der Waals surface area contributed by atoms with Gasteiger partial charge < -0.3 is 25.5 Å². The Morgan fingerprint density at radius 3 is 1.97 bits per heavy atom. The number of hydrogen-bond acceptors (Lipinski definition) is 6. The van der Waals surface area contributed by atoms with Gasteiger partial charge in [-0.1, -0.05) is 40.5 Å². The molecule has 0 unspecified atom stereocenters. The third-order valence-electron chi connectivity index (χ3n) is 5.11. The predicted octanol–water partition coefficient (Wildman–Crippen LogP) is 0.823. The predicted molar refractivity (Wildman–Crippen MR) is 122 cm³/mol. The Morgan fingerprint density at radius 1 is 0.933 bits per heavy atom. The minimum absolute atomic E-state index is 0.0567. The summed E-state index contributed by atoms with van der Waals surface area (Å²) in [7, 11) is 1.40. The molecule has 0 bridgehead atoms. The van der Waals surface area contributed by atoms with Crippen LogP contribution in [0, 0.1) is 5.92 Å². The molecule has 0 aromatic carbocycles. The average Bonchev–Trinajstić information content (AvgIpc) is 2.69. The smallest absolute Gasteiger partial charge is 0.242 e. The van der Waals surface area contributed by atoms with Gasteiger partial charge in [0.2, 0.25) is 11.8 Å². The fraction of sp³-hybridized carbons (Fsp3) is 0.857. The third-order valence-corrected chi connectivity index (χ3v) is 5.11. The van der Waals surface area contributed by atoms with Gasteiger partial charge in [0.15, 0.2) is 7.85 Å². The number of nitrogens with zero attached hydrogens (tertiary/aromatic N) is 1. The van der Waals surface area contributed by atoms with Crippen molar-refractivity contribution in [3.05, 3.63) is 0 Å². The maximum Gasteiger partial charge on any atom is 0.242 e. The third kappa shape index (κ3) is 13.0. The van der Waals surface area contributed by atoms with Crippen molar-refractivity contribution in [2.75, 3.05) is 26.2 Å². The molecule has 174 valence electrons. The fourth-order valence-electron chi connectivity index (χ4n) is 3.16. The van der Waals surface area contributed by atoms with E-state index in [1.54, 1.807) is 13.8 Å². The standard InChI is InChI=1S/C21H43BN4O4/c1-5-7-12-26(13-8-6-2)14-10-9-11-17(20(28)23-15-18(22)27)24-21(29)19(25-30)16(3)4/h16-17,19,25,30H,5-15,22H2,1-4H3,(H,23,28)(H,24,29)/t17-,19-/m0/s1. The van der Waals surface area contributed by atoms with Crippen molar-refractivity contribution < 1.29 is 19.6 Å². The molecular formula is C21H43BN4O4. The summed E-state index contributed by atoms with van der Waals surface area (Å²) in [5, 5.41) is 14.6. The summed E-state index contributed by atoms with van der Waals surface area (Å²) in [5.41, 5.74) is 1.87. The molecule has 0 aliphatic heterocycles. The molecule has 0 aromatic heterocycles. The van der Waals surface area contributed by atoms with Crippen molar-refractivity contribution in [3.63, 3.8) is 0 Å². The van der Waals surface area contributed by atoms with E-state index in [4.69, 9.17) is 0 Å². The quantitative estimate of drug-likeness (QED) is 0.147. The second kappa shape index (κ2) is 17.3. The summed E-state index contributed by atoms with van der Waals surface area (Å²) in [6.07, 6.45) is 6.91. The Hall–Kier alpha value is -1.45. The van der Waals surface area contributed by atoms with E-state index in [-0.39, 0.29) is 24.1 Å². The molecule has 0 aliphatic rings. The molecule has 30 heavy (non-hydrogen) atoms. The Morgan fingerprint density at radius 2 is 1.50 bits per heavy atom. The molecular weight excluding hydrogens is 383 g/mol. The van der Waals surface area contributed by atoms with Gasteiger partial charge in [-0.15, -0.1) is 0 Å². The molecule has 0 spiro atoms. The Kier molecular flexibility index (Phi) is 16.4. The molecule has 4 N–H and O–H groups in total. The van der Waals surface area contributed by atoms with E-state index >= 15 is 0 Å². The molecule has 0 fully saturated rings. The minimum Gasteiger partial charge on any atom is -0.348 e. The van der Waals surface area contributed by atoms with Gasteiger partial charge in [-0.25, -0.2) is 0 Å². The van der Waals surface area contributed by atoms with E-state index in [0.29, 0.717) is 6.42 Å². The molecule has 2 amide bonds. The van der Waals surface area contributed by atoms with Crippen LogP contribution in [0.4, 0.5) is 0 Å². The van der Waals surface area contributed by atoms with Crippen LogP contribution in [0.15, 0.2) is 0 Å². The van der Waals surface area contributed by atoms with E-state index in [0.717, 1.165) is 32.5 Å². The van der Waals surface area contributed by atoms with Crippen LogP contribution in [-0.4, -0.2) is 73.7 Å². The van der Waals surface area contributed by atoms with Gasteiger partial charge in [-0.05, 0) is 57.7 Å². The first-order valence-corrected chi connectivity index (χ1v) is 11.5. The first-order chi connectivity index (χ1) is 14.3. The van der Waals surface area contributed by atoms with Gasteiger partial charge in [0.1, 0.15) is 17.8 Å². The van der Waals surface area contributed by atoms with Gasteiger partial charge in [0.05, 0.1) is 6.54 Å². The Labute approximate surface area is 183 Å². The van der Waals surface area contributed by atoms with E-state index < -0.39 is 18.0 Å². The number of carbonyl (C=O) groups excluding carboxylic acids is 3. The van der Waals surface area contributed by atoms with Crippen molar-refractivity contribution in [1.29, 1.82) is 0 Å². The molecule has 0 saturated heterocycles. The summed E-state index contributed by atoms with van der Waals surface area (Å²) in [5.74, 6) is -0.933. The highest BCUT2D eigenvalue weighted by atomic mass is 16.5. The SMILES string of the molecule is BC(=O)CNC(=O)[C@H](CCCCN(CCCC)CCCC)NC(=O)[C@@H](NO)C(C)C. The Bertz CT molecular complexity index is 497. The van der Waals surface area contributed by atoms with E-state index in [9.17, 15) is 19.6 Å². The molecule has 0 heterocycles. The molecule has 0 rings (SSSR count). The average molecular weight is 426 g/mol. The normalized spacial score (nSPS) is 13.3. The maximum atomic E-state index is 12.5. The van der Waals surface area contributed by atoms with E-state index in [2.05, 4.69) is 29.4 Å². The van der Waals surface area contributed by atoms with Gasteiger partial charge in [0, 0.05) is 0 Å². The lowest BCUT2D eigenvalue weighted by Gasteiger charge is -2.24. The lowest BCUT2D eigenvalue weighted by atomic mass is 10.0. The zero-order valence-electron chi connectivity index (χ0n) is 19.6. The van der Waals surface area contributed by atoms with Crippen molar-refractivity contribution in [3.8, 4) is 0 Å². The van der Waals surface area contributed by atoms with Crippen LogP contribution >= 0.6 is 0 Å². The lowest BCUT2D eigenvalue weighted by molar-refractivity contribution is -0.132. The highest BCUT2D eigenvalue weighted by molar-refractivity contribution is 6.58. The first kappa shape index (κ1) is 28.6. The molecule has 0 radical (unpaired) electrons. The molecule has 2 atom stereocenters. The number of nitrogens with one attached hydrogen (secondary N) is 3. The van der Waals surface area contributed by atoms with E-state index in [1.807, 2.05) is 5.48 Å². The number of carbonyl (C=O) groups is 3. The van der Waals surface area contributed by atoms with Crippen molar-refractivity contribution in [2.45, 2.75) is 84.7 Å². The number of amides is 2. The molecule has 0 aromatic rings. The van der Waals surface area contributed by atoms with Crippen LogP contribution in [0.1, 0.15) is 72.6 Å². The van der Waals surface area contributed by atoms with Crippen LogP contribution in [0.25, 0.3) is 0 Å². The molecule has 9 heteroatoms. The summed E-state index contributed by atoms with van der Waals surface area (Å²) >= 11 is 0. The topological polar surface area (TPSA) is 111 Å². The summed E-state index contributed by atoms with van der Waals surface area (Å²) < 4.78 is 0. The summed E-state index contributed by atoms with van der Waals surface area (Å²) in [6.45, 7) is 11.1. The zero-order valence-corrected chi connectivity index (χ0v) is 19.6. The Balaban J connectivity index is 4.80. The maximum absolute atomic E-state index is 12.5. The summed E-state index contributed by atoms with van der Waals surface area (Å²) in [4.78, 5) is 38.6. The number of hydrogen-bond donors (Lipinski definition) is 4. The summed E-state index contributed by atoms with van der Waals surface area (Å²) in [6, 6.07) is -1.53. The van der Waals surface area contributed by atoms with Crippen LogP contribution in [-0.2, 0) is 14.4 Å². The van der Waals surface area contributed by atoms with Crippen LogP contribution in [0.3, 0.4) is 0 Å². The van der Waals surface area contributed by atoms with Gasteiger partial charge in [-0.2, -0.15) is 5.48 Å². The number of rotatable bonds is 18. The van der Waals surface area contributed by atoms with Crippen LogP contribution in [0.2, 0.25) is 0 Å². The van der Waals surface area contributed by atoms with Gasteiger partial charge in [-0.3, -0.25) is 9.59 Å². The molecule has 0 saturated carbocycles. The van der Waals surface area contributed by atoms with Crippen molar-refractivity contribution >= 4 is 25.3 Å². The first-order valence-electron chi connectivity index (χ1n) is 11.5. The highest BCUT2D eigenvalue weighted by Crippen LogP contribution is 2.08. The largest absolute Gasteiger partial charge is 0.348 e. The van der Waals surface area contributed by atoms with Gasteiger partial charge >= 0.3 is 0 Å². The molecule has 8 nitrogen and oxygen atoms in total. The fourth-order valence-corrected chi connectivity index (χ4v) is 3.16. The number of hydroxylamine groups is 1. The molecule has 0 aliphatic carbocycles. The monoisotopic (exact) mass is 426 g/mol. The second-order valence-electron chi connectivity index (χ2n) is 8.38. The zero-order chi connectivity index (χ0) is 22.9. The minimum atomic E-state index is -0.799. The van der Waals surface area contributed by atoms with Crippen molar-refractivity contribution in [2.24, 2.45) is 5.92 Å². The van der Waals surface area contributed by atoms with Crippen LogP contribution < -0.4 is 16.1 Å². The lowest BCUT2D eigenvalue weighted by Crippen LogP contribution is -2.54. The van der Waals surface area contributed by atoms with Gasteiger partial charge in [0.25, 0.3) is 0 Å². The highest BCUT2D eigenvalue weighted by Gasteiger charge is 2.27. The number of unbranched alkanes of at least 4 members (excludes halogenated alkanes) is 3. The second-order valence-corrected chi connectivity index (χ2v) is 8.38. The van der Waals surface area contributed by atoms with Crippen molar-refractivity contribution in [1.82, 2.24) is 21.0 Å².